The standard InChI is InChI=1S/C31H31NO6/c1-3-4-15-24-19-28(33)38-29-21(2)27(17-16-25(24)29)37-30(34)26(18-22-11-7-5-8-12-22)32-31(35)36-20-23-13-9-6-10-14-23/h5-14,16-17,19,26H,3-4,15,18,20H2,1-2H3,(H,32,35). The van der Waals surface area contributed by atoms with E-state index in [2.05, 4.69) is 12.2 Å². The number of aryl methyl sites for hydroxylation is 2. The first-order chi connectivity index (χ1) is 18.4. The Balaban J connectivity index is 1.54. The van der Waals surface area contributed by atoms with Gasteiger partial charge in [-0.2, -0.15) is 0 Å². The summed E-state index contributed by atoms with van der Waals surface area (Å²) in [5, 5.41) is 3.46. The van der Waals surface area contributed by atoms with Gasteiger partial charge in [0.15, 0.2) is 0 Å². The molecular weight excluding hydrogens is 482 g/mol. The Morgan fingerprint density at radius 3 is 2.32 bits per heavy atom. The maximum Gasteiger partial charge on any atom is 0.408 e. The highest BCUT2D eigenvalue weighted by Crippen LogP contribution is 2.29. The molecule has 1 unspecified atom stereocenters. The number of hydrogen-bond donors (Lipinski definition) is 1. The van der Waals surface area contributed by atoms with Gasteiger partial charge in [0, 0.05) is 23.4 Å². The van der Waals surface area contributed by atoms with Gasteiger partial charge in [-0.1, -0.05) is 74.0 Å². The number of hydrogen-bond acceptors (Lipinski definition) is 6. The van der Waals surface area contributed by atoms with Crippen LogP contribution in [0.3, 0.4) is 0 Å². The maximum atomic E-state index is 13.3. The topological polar surface area (TPSA) is 94.8 Å². The fourth-order valence-corrected chi connectivity index (χ4v) is 4.22. The Morgan fingerprint density at radius 2 is 1.63 bits per heavy atom. The van der Waals surface area contributed by atoms with E-state index in [9.17, 15) is 14.4 Å². The second-order valence-corrected chi connectivity index (χ2v) is 9.13. The first kappa shape index (κ1) is 26.7. The molecule has 0 aliphatic rings. The summed E-state index contributed by atoms with van der Waals surface area (Å²) >= 11 is 0. The number of rotatable bonds is 10. The van der Waals surface area contributed by atoms with Gasteiger partial charge in [-0.3, -0.25) is 0 Å². The van der Waals surface area contributed by atoms with Crippen LogP contribution in [0, 0.1) is 6.92 Å². The fraction of sp³-hybridized carbons (Fsp3) is 0.258. The van der Waals surface area contributed by atoms with Crippen molar-refractivity contribution in [2.24, 2.45) is 0 Å². The molecule has 1 N–H and O–H groups in total. The van der Waals surface area contributed by atoms with Gasteiger partial charge in [0.1, 0.15) is 24.0 Å². The lowest BCUT2D eigenvalue weighted by Gasteiger charge is -2.19. The van der Waals surface area contributed by atoms with Crippen LogP contribution in [-0.2, 0) is 29.0 Å². The quantitative estimate of drug-likeness (QED) is 0.161. The average Bonchev–Trinajstić information content (AvgIpc) is 2.93. The summed E-state index contributed by atoms with van der Waals surface area (Å²) < 4.78 is 16.6. The van der Waals surface area contributed by atoms with Crippen LogP contribution in [0.1, 0.15) is 42.0 Å². The number of unbranched alkanes of at least 4 members (excludes halogenated alkanes) is 1. The molecule has 38 heavy (non-hydrogen) atoms. The minimum absolute atomic E-state index is 0.0724. The highest BCUT2D eigenvalue weighted by atomic mass is 16.6. The predicted octanol–water partition coefficient (Wildman–Crippen LogP) is 5.89. The van der Waals surface area contributed by atoms with Crippen LogP contribution in [0.2, 0.25) is 0 Å². The summed E-state index contributed by atoms with van der Waals surface area (Å²) in [7, 11) is 0. The zero-order valence-electron chi connectivity index (χ0n) is 21.6. The fourth-order valence-electron chi connectivity index (χ4n) is 4.22. The van der Waals surface area contributed by atoms with Crippen LogP contribution in [0.25, 0.3) is 11.0 Å². The molecule has 4 aromatic rings. The molecule has 1 amide bonds. The molecule has 1 atom stereocenters. The minimum atomic E-state index is -1.00. The molecule has 0 radical (unpaired) electrons. The summed E-state index contributed by atoms with van der Waals surface area (Å²) in [5.41, 5.74) is 3.07. The van der Waals surface area contributed by atoms with Gasteiger partial charge in [-0.05, 0) is 48.6 Å². The summed E-state index contributed by atoms with van der Waals surface area (Å²) in [6.45, 7) is 3.90. The monoisotopic (exact) mass is 513 g/mol. The van der Waals surface area contributed by atoms with E-state index in [1.165, 1.54) is 6.07 Å². The summed E-state index contributed by atoms with van der Waals surface area (Å²) in [4.78, 5) is 38.1. The van der Waals surface area contributed by atoms with E-state index in [1.807, 2.05) is 60.7 Å². The normalized spacial score (nSPS) is 11.6. The van der Waals surface area contributed by atoms with Crippen molar-refractivity contribution in [2.75, 3.05) is 0 Å². The molecular formula is C31H31NO6. The van der Waals surface area contributed by atoms with Gasteiger partial charge in [0.05, 0.1) is 0 Å². The number of benzene rings is 3. The number of ether oxygens (including phenoxy) is 2. The van der Waals surface area contributed by atoms with Crippen LogP contribution >= 0.6 is 0 Å². The van der Waals surface area contributed by atoms with E-state index in [-0.39, 0.29) is 18.8 Å². The molecule has 7 heteroatoms. The number of nitrogens with one attached hydrogen (secondary N) is 1. The average molecular weight is 514 g/mol. The second-order valence-electron chi connectivity index (χ2n) is 9.13. The number of fused-ring (bicyclic) bond motifs is 1. The van der Waals surface area contributed by atoms with E-state index in [1.54, 1.807) is 19.1 Å². The van der Waals surface area contributed by atoms with Crippen LogP contribution in [0.4, 0.5) is 4.79 Å². The van der Waals surface area contributed by atoms with Crippen molar-refractivity contribution in [3.8, 4) is 5.75 Å². The smallest absolute Gasteiger partial charge is 0.408 e. The third-order valence-corrected chi connectivity index (χ3v) is 6.28. The van der Waals surface area contributed by atoms with Crippen LogP contribution in [0.15, 0.2) is 88.1 Å². The molecule has 1 heterocycles. The molecule has 0 fully saturated rings. The van der Waals surface area contributed by atoms with Crippen LogP contribution in [-0.4, -0.2) is 18.1 Å². The van der Waals surface area contributed by atoms with Gasteiger partial charge < -0.3 is 19.2 Å². The first-order valence-electron chi connectivity index (χ1n) is 12.7. The lowest BCUT2D eigenvalue weighted by atomic mass is 10.0. The Morgan fingerprint density at radius 1 is 0.947 bits per heavy atom. The number of carbonyl (C=O) groups is 2. The third-order valence-electron chi connectivity index (χ3n) is 6.28. The molecule has 0 aliphatic carbocycles. The predicted molar refractivity (Wildman–Crippen MR) is 145 cm³/mol. The SMILES string of the molecule is CCCCc1cc(=O)oc2c(C)c(OC(=O)C(Cc3ccccc3)NC(=O)OCc3ccccc3)ccc12. The van der Waals surface area contributed by atoms with E-state index < -0.39 is 23.7 Å². The van der Waals surface area contributed by atoms with Gasteiger partial charge in [-0.25, -0.2) is 14.4 Å². The Kier molecular flexibility index (Phi) is 8.93. The molecule has 4 rings (SSSR count). The van der Waals surface area contributed by atoms with Crippen molar-refractivity contribution in [2.45, 2.75) is 52.2 Å². The molecule has 7 nitrogen and oxygen atoms in total. The summed E-state index contributed by atoms with van der Waals surface area (Å²) in [6.07, 6.45) is 2.18. The largest absolute Gasteiger partial charge is 0.445 e. The zero-order chi connectivity index (χ0) is 26.9. The lowest BCUT2D eigenvalue weighted by Crippen LogP contribution is -2.44. The highest BCUT2D eigenvalue weighted by Gasteiger charge is 2.25. The molecule has 0 saturated carbocycles. The van der Waals surface area contributed by atoms with Crippen molar-refractivity contribution in [3.63, 3.8) is 0 Å². The second kappa shape index (κ2) is 12.7. The summed E-state index contributed by atoms with van der Waals surface area (Å²) in [5.74, 6) is -0.395. The Bertz CT molecular complexity index is 1450. The molecule has 1 aromatic heterocycles. The van der Waals surface area contributed by atoms with Gasteiger partial charge in [0.25, 0.3) is 0 Å². The lowest BCUT2D eigenvalue weighted by molar-refractivity contribution is -0.136. The van der Waals surface area contributed by atoms with Gasteiger partial charge in [-0.15, -0.1) is 0 Å². The molecule has 0 saturated heterocycles. The van der Waals surface area contributed by atoms with E-state index >= 15 is 0 Å². The zero-order valence-corrected chi connectivity index (χ0v) is 21.6. The van der Waals surface area contributed by atoms with Crippen molar-refractivity contribution >= 4 is 23.0 Å². The molecule has 196 valence electrons. The highest BCUT2D eigenvalue weighted by molar-refractivity contribution is 5.88. The summed E-state index contributed by atoms with van der Waals surface area (Å²) in [6, 6.07) is 22.6. The number of amides is 1. The van der Waals surface area contributed by atoms with Gasteiger partial charge >= 0.3 is 17.7 Å². The number of esters is 1. The molecule has 0 bridgehead atoms. The van der Waals surface area contributed by atoms with Gasteiger partial charge in [0.2, 0.25) is 0 Å². The van der Waals surface area contributed by atoms with Crippen molar-refractivity contribution in [1.29, 1.82) is 0 Å². The molecule has 3 aromatic carbocycles. The van der Waals surface area contributed by atoms with Crippen LogP contribution in [0.5, 0.6) is 5.75 Å². The van der Waals surface area contributed by atoms with Crippen molar-refractivity contribution in [1.82, 2.24) is 5.32 Å². The number of carbonyl (C=O) groups excluding carboxylic acids is 2. The van der Waals surface area contributed by atoms with E-state index in [0.717, 1.165) is 41.3 Å². The Labute approximate surface area is 221 Å². The molecule has 0 aliphatic heterocycles. The Hall–Kier alpha value is -4.39. The first-order valence-corrected chi connectivity index (χ1v) is 12.7. The molecule has 0 spiro atoms. The van der Waals surface area contributed by atoms with Crippen molar-refractivity contribution in [3.05, 3.63) is 112 Å². The van der Waals surface area contributed by atoms with Crippen molar-refractivity contribution < 1.29 is 23.5 Å². The van der Waals surface area contributed by atoms with E-state index in [0.29, 0.717) is 11.1 Å². The van der Waals surface area contributed by atoms with Crippen LogP contribution < -0.4 is 15.7 Å². The third kappa shape index (κ3) is 6.88. The number of alkyl carbamates (subject to hydrolysis) is 1. The van der Waals surface area contributed by atoms with E-state index in [4.69, 9.17) is 13.9 Å². The minimum Gasteiger partial charge on any atom is -0.445 e. The maximum absolute atomic E-state index is 13.3.